The summed E-state index contributed by atoms with van der Waals surface area (Å²) in [6.07, 6.45) is 6.81. The van der Waals surface area contributed by atoms with Crippen LogP contribution in [0.25, 0.3) is 0 Å². The van der Waals surface area contributed by atoms with Gasteiger partial charge < -0.3 is 14.5 Å². The number of ether oxygens (including phenoxy) is 1. The van der Waals surface area contributed by atoms with Gasteiger partial charge in [0.25, 0.3) is 5.91 Å². The summed E-state index contributed by atoms with van der Waals surface area (Å²) in [5.74, 6) is 0.255. The number of carbonyl (C=O) groups is 2. The van der Waals surface area contributed by atoms with Gasteiger partial charge in [-0.2, -0.15) is 0 Å². The fraction of sp³-hybridized carbons (Fsp3) is 0.448. The summed E-state index contributed by atoms with van der Waals surface area (Å²) in [4.78, 5) is 29.7. The van der Waals surface area contributed by atoms with Crippen LogP contribution in [0.15, 0.2) is 55.1 Å². The molecule has 0 aromatic heterocycles. The Labute approximate surface area is 207 Å². The number of rotatable bonds is 8. The lowest BCUT2D eigenvalue weighted by molar-refractivity contribution is -0.140. The molecule has 0 bridgehead atoms. The molecule has 2 aromatic rings. The van der Waals surface area contributed by atoms with Crippen LogP contribution < -0.4 is 4.74 Å². The Kier molecular flexibility index (Phi) is 7.89. The van der Waals surface area contributed by atoms with Gasteiger partial charge in [0, 0.05) is 26.1 Å². The molecular formula is C29H35FN2O3. The number of nitrogens with zero attached hydrogens (tertiary/aromatic N) is 2. The summed E-state index contributed by atoms with van der Waals surface area (Å²) >= 11 is 0. The van der Waals surface area contributed by atoms with Crippen molar-refractivity contribution in [2.24, 2.45) is 0 Å². The number of hydrogen-bond donors (Lipinski definition) is 0. The lowest BCUT2D eigenvalue weighted by Crippen LogP contribution is -2.46. The average molecular weight is 479 g/mol. The third-order valence-electron chi connectivity index (χ3n) is 7.23. The van der Waals surface area contributed by atoms with Crippen molar-refractivity contribution in [1.29, 1.82) is 0 Å². The second-order valence-corrected chi connectivity index (χ2v) is 9.51. The first kappa shape index (κ1) is 25.0. The minimum absolute atomic E-state index is 0.00234. The first-order valence-corrected chi connectivity index (χ1v) is 12.7. The maximum absolute atomic E-state index is 13.6. The molecule has 1 aliphatic heterocycles. The van der Waals surface area contributed by atoms with Crippen LogP contribution in [0.1, 0.15) is 68.7 Å². The third-order valence-corrected chi connectivity index (χ3v) is 7.23. The van der Waals surface area contributed by atoms with Crippen LogP contribution in [0.3, 0.4) is 0 Å². The predicted octanol–water partition coefficient (Wildman–Crippen LogP) is 5.43. The van der Waals surface area contributed by atoms with Crippen LogP contribution in [-0.4, -0.2) is 46.8 Å². The second kappa shape index (κ2) is 11.1. The highest BCUT2D eigenvalue weighted by Gasteiger charge is 2.33. The number of fused-ring (bicyclic) bond motifs is 1. The topological polar surface area (TPSA) is 49.9 Å². The molecule has 1 aliphatic carbocycles. The Hall–Kier alpha value is -3.15. The number of carbonyl (C=O) groups excluding carboxylic acids is 2. The summed E-state index contributed by atoms with van der Waals surface area (Å²) in [7, 11) is 0. The van der Waals surface area contributed by atoms with Crippen LogP contribution in [0.4, 0.5) is 4.39 Å². The monoisotopic (exact) mass is 478 g/mol. The van der Waals surface area contributed by atoms with E-state index in [9.17, 15) is 14.0 Å². The molecule has 2 amide bonds. The molecule has 0 N–H and O–H groups in total. The molecule has 1 saturated carbocycles. The Balaban J connectivity index is 1.63. The van der Waals surface area contributed by atoms with Gasteiger partial charge in [0.1, 0.15) is 11.6 Å². The molecule has 1 fully saturated rings. The van der Waals surface area contributed by atoms with Crippen molar-refractivity contribution in [2.45, 2.75) is 70.6 Å². The van der Waals surface area contributed by atoms with Gasteiger partial charge in [-0.15, -0.1) is 6.58 Å². The third kappa shape index (κ3) is 5.42. The molecule has 5 nitrogen and oxygen atoms in total. The van der Waals surface area contributed by atoms with Crippen molar-refractivity contribution in [3.05, 3.63) is 77.6 Å². The summed E-state index contributed by atoms with van der Waals surface area (Å²) in [6.45, 7) is 8.48. The molecule has 0 unspecified atom stereocenters. The molecule has 0 spiro atoms. The lowest BCUT2D eigenvalue weighted by atomic mass is 9.88. The maximum Gasteiger partial charge on any atom is 0.264 e. The summed E-state index contributed by atoms with van der Waals surface area (Å²) in [6, 6.07) is 12.1. The molecule has 2 aliphatic rings. The average Bonchev–Trinajstić information content (AvgIpc) is 3.40. The van der Waals surface area contributed by atoms with E-state index in [0.29, 0.717) is 25.3 Å². The molecule has 0 saturated heterocycles. The number of benzene rings is 2. The molecule has 0 radical (unpaired) electrons. The number of halogens is 1. The zero-order chi connectivity index (χ0) is 24.9. The molecule has 2 aromatic carbocycles. The van der Waals surface area contributed by atoms with Gasteiger partial charge in [0.05, 0.1) is 6.04 Å². The van der Waals surface area contributed by atoms with Crippen LogP contribution in [0.2, 0.25) is 0 Å². The van der Waals surface area contributed by atoms with Crippen molar-refractivity contribution in [2.75, 3.05) is 13.1 Å². The van der Waals surface area contributed by atoms with Gasteiger partial charge in [-0.3, -0.25) is 9.59 Å². The number of hydrogen-bond acceptors (Lipinski definition) is 3. The molecule has 1 heterocycles. The zero-order valence-corrected chi connectivity index (χ0v) is 20.7. The van der Waals surface area contributed by atoms with Crippen LogP contribution in [-0.2, 0) is 16.0 Å². The molecule has 35 heavy (non-hydrogen) atoms. The highest BCUT2D eigenvalue weighted by Crippen LogP contribution is 2.37. The minimum atomic E-state index is -0.592. The van der Waals surface area contributed by atoms with E-state index in [1.165, 1.54) is 12.1 Å². The lowest BCUT2D eigenvalue weighted by Gasteiger charge is -2.37. The maximum atomic E-state index is 13.6. The normalized spacial score (nSPS) is 18.6. The fourth-order valence-electron chi connectivity index (χ4n) is 5.44. The van der Waals surface area contributed by atoms with Gasteiger partial charge in [0.2, 0.25) is 5.91 Å². The van der Waals surface area contributed by atoms with E-state index in [-0.39, 0.29) is 29.7 Å². The van der Waals surface area contributed by atoms with E-state index in [1.807, 2.05) is 34.9 Å². The number of amides is 2. The van der Waals surface area contributed by atoms with Crippen molar-refractivity contribution < 1.29 is 18.7 Å². The van der Waals surface area contributed by atoms with Crippen molar-refractivity contribution in [3.63, 3.8) is 0 Å². The quantitative estimate of drug-likeness (QED) is 0.475. The first-order chi connectivity index (χ1) is 16.9. The van der Waals surface area contributed by atoms with Gasteiger partial charge in [-0.25, -0.2) is 4.39 Å². The van der Waals surface area contributed by atoms with Gasteiger partial charge in [0.15, 0.2) is 6.10 Å². The summed E-state index contributed by atoms with van der Waals surface area (Å²) in [5.41, 5.74) is 2.93. The molecule has 6 heteroatoms. The standard InChI is InChI=1S/C29H35FN2O3/c1-4-17-32(24-8-6-7-9-24)29(34)27(5-2)35-25-15-12-21-16-18-31(20(3)33)28(26(21)19-25)22-10-13-23(30)14-11-22/h4,10-15,19,24,27-28H,1,5-9,16-18H2,2-3H3/t27-,28-/m1/s1. The predicted molar refractivity (Wildman–Crippen MR) is 135 cm³/mol. The Bertz CT molecular complexity index is 1060. The van der Waals surface area contributed by atoms with Crippen molar-refractivity contribution in [1.82, 2.24) is 9.80 Å². The molecular weight excluding hydrogens is 443 g/mol. The second-order valence-electron chi connectivity index (χ2n) is 9.51. The fourth-order valence-corrected chi connectivity index (χ4v) is 5.44. The van der Waals surface area contributed by atoms with E-state index in [4.69, 9.17) is 4.74 Å². The molecule has 4 rings (SSSR count). The van der Waals surface area contributed by atoms with E-state index in [1.54, 1.807) is 25.1 Å². The van der Waals surface area contributed by atoms with E-state index < -0.39 is 6.10 Å². The van der Waals surface area contributed by atoms with Crippen molar-refractivity contribution >= 4 is 11.8 Å². The first-order valence-electron chi connectivity index (χ1n) is 12.7. The highest BCUT2D eigenvalue weighted by molar-refractivity contribution is 5.82. The Morgan fingerprint density at radius 2 is 1.91 bits per heavy atom. The van der Waals surface area contributed by atoms with E-state index >= 15 is 0 Å². The summed E-state index contributed by atoms with van der Waals surface area (Å²) < 4.78 is 19.9. The molecule has 186 valence electrons. The van der Waals surface area contributed by atoms with Crippen molar-refractivity contribution in [3.8, 4) is 5.75 Å². The van der Waals surface area contributed by atoms with Crippen LogP contribution >= 0.6 is 0 Å². The van der Waals surface area contributed by atoms with Crippen LogP contribution in [0, 0.1) is 5.82 Å². The highest BCUT2D eigenvalue weighted by atomic mass is 19.1. The zero-order valence-electron chi connectivity index (χ0n) is 20.7. The minimum Gasteiger partial charge on any atom is -0.481 e. The van der Waals surface area contributed by atoms with Gasteiger partial charge in [-0.1, -0.05) is 44.0 Å². The summed E-state index contributed by atoms with van der Waals surface area (Å²) in [5, 5.41) is 0. The van der Waals surface area contributed by atoms with Gasteiger partial charge in [-0.05, 0) is 66.6 Å². The van der Waals surface area contributed by atoms with E-state index in [2.05, 4.69) is 6.58 Å². The van der Waals surface area contributed by atoms with Gasteiger partial charge >= 0.3 is 0 Å². The largest absolute Gasteiger partial charge is 0.481 e. The SMILES string of the molecule is C=CCN(C(=O)[C@@H](CC)Oc1ccc2c(c1)[C@@H](c1ccc(F)cc1)N(C(C)=O)CC2)C1CCCC1. The van der Waals surface area contributed by atoms with E-state index in [0.717, 1.165) is 48.8 Å². The van der Waals surface area contributed by atoms with Crippen LogP contribution in [0.5, 0.6) is 5.75 Å². The molecule has 2 atom stereocenters. The Morgan fingerprint density at radius 1 is 1.20 bits per heavy atom. The Morgan fingerprint density at radius 3 is 2.54 bits per heavy atom. The smallest absolute Gasteiger partial charge is 0.264 e.